The van der Waals surface area contributed by atoms with Gasteiger partial charge in [0.1, 0.15) is 11.5 Å². The van der Waals surface area contributed by atoms with Crippen molar-refractivity contribution < 1.29 is 15.0 Å². The minimum atomic E-state index is -0.421. The van der Waals surface area contributed by atoms with Crippen molar-refractivity contribution in [1.29, 1.82) is 0 Å². The van der Waals surface area contributed by atoms with Crippen molar-refractivity contribution in [3.05, 3.63) is 52.5 Å². The van der Waals surface area contributed by atoms with E-state index in [-0.39, 0.29) is 11.5 Å². The zero-order chi connectivity index (χ0) is 14.5. The maximum absolute atomic E-state index is 11.7. The number of hydrogen-bond donors (Lipinski definition) is 4. The van der Waals surface area contributed by atoms with Crippen LogP contribution in [0.3, 0.4) is 0 Å². The highest BCUT2D eigenvalue weighted by Gasteiger charge is 2.04. The average molecular weight is 337 g/mol. The van der Waals surface area contributed by atoms with Crippen LogP contribution in [0.4, 0.5) is 10.5 Å². The maximum atomic E-state index is 11.7. The van der Waals surface area contributed by atoms with Crippen molar-refractivity contribution in [3.63, 3.8) is 0 Å². The highest BCUT2D eigenvalue weighted by Crippen LogP contribution is 2.23. The van der Waals surface area contributed by atoms with E-state index in [4.69, 9.17) is 0 Å². The van der Waals surface area contributed by atoms with Crippen molar-refractivity contribution in [2.75, 3.05) is 5.32 Å². The molecule has 0 saturated heterocycles. The molecule has 0 fully saturated rings. The van der Waals surface area contributed by atoms with Crippen molar-refractivity contribution in [1.82, 2.24) is 5.32 Å². The number of carbonyl (C=O) groups excluding carboxylic acids is 1. The summed E-state index contributed by atoms with van der Waals surface area (Å²) in [5.74, 6) is -0.237. The lowest BCUT2D eigenvalue weighted by Crippen LogP contribution is -2.28. The minimum absolute atomic E-state index is 0.118. The van der Waals surface area contributed by atoms with Crippen LogP contribution < -0.4 is 10.6 Å². The van der Waals surface area contributed by atoms with Crippen molar-refractivity contribution in [2.24, 2.45) is 0 Å². The van der Waals surface area contributed by atoms with Crippen LogP contribution in [0.25, 0.3) is 0 Å². The van der Waals surface area contributed by atoms with Gasteiger partial charge in [0, 0.05) is 34.9 Å². The quantitative estimate of drug-likeness (QED) is 0.694. The Morgan fingerprint density at radius 1 is 1.10 bits per heavy atom. The predicted octanol–water partition coefficient (Wildman–Crippen LogP) is 3.18. The number of nitrogens with one attached hydrogen (secondary N) is 2. The third-order valence-electron chi connectivity index (χ3n) is 2.50. The lowest BCUT2D eigenvalue weighted by Gasteiger charge is -2.08. The molecule has 104 valence electrons. The monoisotopic (exact) mass is 336 g/mol. The molecule has 2 aromatic rings. The molecular weight excluding hydrogens is 324 g/mol. The summed E-state index contributed by atoms with van der Waals surface area (Å²) in [5, 5.41) is 23.8. The molecule has 20 heavy (non-hydrogen) atoms. The highest BCUT2D eigenvalue weighted by atomic mass is 79.9. The number of halogens is 1. The largest absolute Gasteiger partial charge is 0.508 e. The van der Waals surface area contributed by atoms with Crippen LogP contribution in [0.5, 0.6) is 11.5 Å². The molecular formula is C14H13BrN2O3. The van der Waals surface area contributed by atoms with Crippen LogP contribution in [0.2, 0.25) is 0 Å². The molecule has 0 aliphatic rings. The molecule has 4 N–H and O–H groups in total. The van der Waals surface area contributed by atoms with E-state index in [0.29, 0.717) is 12.2 Å². The van der Waals surface area contributed by atoms with Gasteiger partial charge in [-0.15, -0.1) is 0 Å². The Bertz CT molecular complexity index is 611. The average Bonchev–Trinajstić information content (AvgIpc) is 2.35. The molecule has 2 amide bonds. The number of amides is 2. The molecule has 2 aromatic carbocycles. The van der Waals surface area contributed by atoms with Gasteiger partial charge < -0.3 is 20.8 Å². The van der Waals surface area contributed by atoms with Crippen LogP contribution >= 0.6 is 15.9 Å². The first-order chi connectivity index (χ1) is 9.52. The third-order valence-corrected chi connectivity index (χ3v) is 3.00. The van der Waals surface area contributed by atoms with Gasteiger partial charge in [0.25, 0.3) is 0 Å². The van der Waals surface area contributed by atoms with Gasteiger partial charge in [0.15, 0.2) is 0 Å². The van der Waals surface area contributed by atoms with Gasteiger partial charge in [0.2, 0.25) is 0 Å². The van der Waals surface area contributed by atoms with Crippen LogP contribution in [0.1, 0.15) is 5.56 Å². The molecule has 5 nitrogen and oxygen atoms in total. The number of hydrogen-bond acceptors (Lipinski definition) is 3. The summed E-state index contributed by atoms with van der Waals surface area (Å²) in [6.07, 6.45) is 0. The zero-order valence-corrected chi connectivity index (χ0v) is 12.0. The fourth-order valence-corrected chi connectivity index (χ4v) is 2.12. The number of phenols is 2. The van der Waals surface area contributed by atoms with Gasteiger partial charge in [-0.05, 0) is 17.7 Å². The second-order valence-electron chi connectivity index (χ2n) is 4.18. The number of anilines is 1. The summed E-state index contributed by atoms with van der Waals surface area (Å²) in [7, 11) is 0. The minimum Gasteiger partial charge on any atom is -0.508 e. The Hall–Kier alpha value is -2.21. The molecule has 0 radical (unpaired) electrons. The van der Waals surface area contributed by atoms with Crippen molar-refractivity contribution in [2.45, 2.75) is 6.54 Å². The van der Waals surface area contributed by atoms with Crippen LogP contribution in [0, 0.1) is 0 Å². The summed E-state index contributed by atoms with van der Waals surface area (Å²) in [6.45, 7) is 0.371. The number of urea groups is 1. The second kappa shape index (κ2) is 6.29. The molecule has 0 saturated carbocycles. The van der Waals surface area contributed by atoms with E-state index in [1.165, 1.54) is 18.2 Å². The van der Waals surface area contributed by atoms with Crippen LogP contribution in [-0.4, -0.2) is 16.2 Å². The molecule has 0 atom stereocenters. The molecule has 6 heteroatoms. The van der Waals surface area contributed by atoms with Gasteiger partial charge in [-0.2, -0.15) is 0 Å². The highest BCUT2D eigenvalue weighted by molar-refractivity contribution is 9.10. The number of aromatic hydroxyl groups is 2. The van der Waals surface area contributed by atoms with E-state index >= 15 is 0 Å². The van der Waals surface area contributed by atoms with E-state index in [2.05, 4.69) is 26.6 Å². The summed E-state index contributed by atoms with van der Waals surface area (Å²) < 4.78 is 0.940. The molecule has 2 rings (SSSR count). The first kappa shape index (κ1) is 14.2. The normalized spacial score (nSPS) is 10.1. The number of benzene rings is 2. The smallest absolute Gasteiger partial charge is 0.319 e. The van der Waals surface area contributed by atoms with E-state index in [9.17, 15) is 15.0 Å². The third kappa shape index (κ3) is 4.17. The second-order valence-corrected chi connectivity index (χ2v) is 5.09. The Kier molecular flexibility index (Phi) is 4.47. The van der Waals surface area contributed by atoms with E-state index < -0.39 is 6.03 Å². The van der Waals surface area contributed by atoms with Crippen molar-refractivity contribution >= 4 is 27.6 Å². The number of phenolic OH excluding ortho intramolecular Hbond substituents is 2. The molecule has 0 unspecified atom stereocenters. The van der Waals surface area contributed by atoms with E-state index in [1.54, 1.807) is 0 Å². The number of rotatable bonds is 3. The lowest BCUT2D eigenvalue weighted by atomic mass is 10.2. The van der Waals surface area contributed by atoms with Crippen molar-refractivity contribution in [3.8, 4) is 11.5 Å². The van der Waals surface area contributed by atoms with Gasteiger partial charge in [0.05, 0.1) is 0 Å². The van der Waals surface area contributed by atoms with Gasteiger partial charge in [-0.1, -0.05) is 28.1 Å². The Balaban J connectivity index is 1.92. The Morgan fingerprint density at radius 2 is 1.80 bits per heavy atom. The van der Waals surface area contributed by atoms with Crippen LogP contribution in [0.15, 0.2) is 46.9 Å². The molecule has 0 aliphatic carbocycles. The fourth-order valence-electron chi connectivity index (χ4n) is 1.67. The van der Waals surface area contributed by atoms with Gasteiger partial charge >= 0.3 is 6.03 Å². The zero-order valence-electron chi connectivity index (χ0n) is 10.4. The van der Waals surface area contributed by atoms with Gasteiger partial charge in [-0.3, -0.25) is 0 Å². The van der Waals surface area contributed by atoms with Gasteiger partial charge in [-0.25, -0.2) is 4.79 Å². The summed E-state index contributed by atoms with van der Waals surface area (Å²) in [4.78, 5) is 11.7. The first-order valence-electron chi connectivity index (χ1n) is 5.85. The van der Waals surface area contributed by atoms with E-state index in [1.807, 2.05) is 24.3 Å². The fraction of sp³-hybridized carbons (Fsp3) is 0.0714. The summed E-state index contributed by atoms with van der Waals surface area (Å²) in [6, 6.07) is 11.0. The first-order valence-corrected chi connectivity index (χ1v) is 6.64. The SMILES string of the molecule is O=C(NCc1cccc(Br)c1)Nc1cc(O)cc(O)c1. The molecule has 0 spiro atoms. The topological polar surface area (TPSA) is 81.6 Å². The maximum Gasteiger partial charge on any atom is 0.319 e. The van der Waals surface area contributed by atoms with E-state index in [0.717, 1.165) is 10.0 Å². The van der Waals surface area contributed by atoms with Crippen LogP contribution in [-0.2, 0) is 6.54 Å². The predicted molar refractivity (Wildman–Crippen MR) is 79.8 cm³/mol. The standard InChI is InChI=1S/C14H13BrN2O3/c15-10-3-1-2-9(4-10)8-16-14(20)17-11-5-12(18)7-13(19)6-11/h1-7,18-19H,8H2,(H2,16,17,20). The molecule has 0 bridgehead atoms. The molecule has 0 heterocycles. The molecule has 0 aliphatic heterocycles. The number of carbonyl (C=O) groups is 1. The summed E-state index contributed by atoms with van der Waals surface area (Å²) in [5.41, 5.74) is 1.27. The lowest BCUT2D eigenvalue weighted by molar-refractivity contribution is 0.251. The Labute approximate surface area is 124 Å². The molecule has 0 aromatic heterocycles. The Morgan fingerprint density at radius 3 is 2.45 bits per heavy atom. The summed E-state index contributed by atoms with van der Waals surface area (Å²) >= 11 is 3.35.